The molecule has 144 valence electrons. The molecule has 0 spiro atoms. The highest BCUT2D eigenvalue weighted by atomic mass is 32.2. The Labute approximate surface area is 159 Å². The standard InChI is InChI=1S/C20H22O6S/c1-14-7-9-16(10-8-14)27(21,22)26-18-13-25-19-17(12-24-20(18)19)23-11-15-5-3-2-4-6-15/h2-10,17-20H,11-13H2,1H3/t17-,18-,19-,20-/m1/s1. The van der Waals surface area contributed by atoms with Gasteiger partial charge in [-0.05, 0) is 24.6 Å². The van der Waals surface area contributed by atoms with Gasteiger partial charge in [-0.25, -0.2) is 0 Å². The number of aryl methyl sites for hydroxylation is 1. The van der Waals surface area contributed by atoms with Gasteiger partial charge in [-0.3, -0.25) is 4.18 Å². The molecule has 2 fully saturated rings. The summed E-state index contributed by atoms with van der Waals surface area (Å²) in [6, 6.07) is 16.4. The minimum Gasteiger partial charge on any atom is -0.370 e. The molecule has 2 aliphatic rings. The van der Waals surface area contributed by atoms with Crippen LogP contribution >= 0.6 is 0 Å². The average Bonchev–Trinajstić information content (AvgIpc) is 3.24. The Bertz CT molecular complexity index is 865. The zero-order valence-corrected chi connectivity index (χ0v) is 15.8. The second-order valence-electron chi connectivity index (χ2n) is 6.83. The quantitative estimate of drug-likeness (QED) is 0.706. The van der Waals surface area contributed by atoms with E-state index >= 15 is 0 Å². The van der Waals surface area contributed by atoms with Crippen molar-refractivity contribution in [2.45, 2.75) is 42.8 Å². The normalized spacial score (nSPS) is 27.6. The lowest BCUT2D eigenvalue weighted by Gasteiger charge is -2.17. The van der Waals surface area contributed by atoms with Crippen LogP contribution < -0.4 is 0 Å². The Morgan fingerprint density at radius 3 is 2.26 bits per heavy atom. The third kappa shape index (κ3) is 4.07. The second kappa shape index (κ2) is 7.69. The van der Waals surface area contributed by atoms with Crippen molar-refractivity contribution in [1.29, 1.82) is 0 Å². The van der Waals surface area contributed by atoms with Crippen molar-refractivity contribution in [2.24, 2.45) is 0 Å². The summed E-state index contributed by atoms with van der Waals surface area (Å²) in [6.45, 7) is 2.86. The molecule has 0 radical (unpaired) electrons. The Morgan fingerprint density at radius 1 is 0.926 bits per heavy atom. The summed E-state index contributed by atoms with van der Waals surface area (Å²) in [6.07, 6.45) is -1.70. The average molecular weight is 390 g/mol. The summed E-state index contributed by atoms with van der Waals surface area (Å²) in [5, 5.41) is 0. The fourth-order valence-electron chi connectivity index (χ4n) is 3.36. The summed E-state index contributed by atoms with van der Waals surface area (Å²) >= 11 is 0. The molecule has 0 unspecified atom stereocenters. The van der Waals surface area contributed by atoms with Gasteiger partial charge in [0.05, 0.1) is 24.7 Å². The maximum atomic E-state index is 12.5. The Hall–Kier alpha value is -1.77. The topological polar surface area (TPSA) is 71.1 Å². The van der Waals surface area contributed by atoms with Crippen molar-refractivity contribution in [3.63, 3.8) is 0 Å². The predicted octanol–water partition coefficient (Wildman–Crippen LogP) is 2.45. The van der Waals surface area contributed by atoms with Gasteiger partial charge in [-0.1, -0.05) is 48.0 Å². The summed E-state index contributed by atoms with van der Waals surface area (Å²) in [4.78, 5) is 0.131. The molecular weight excluding hydrogens is 368 g/mol. The van der Waals surface area contributed by atoms with Crippen LogP contribution in [-0.4, -0.2) is 46.0 Å². The van der Waals surface area contributed by atoms with Gasteiger partial charge in [0.15, 0.2) is 0 Å². The van der Waals surface area contributed by atoms with E-state index in [-0.39, 0.29) is 23.7 Å². The van der Waals surface area contributed by atoms with Gasteiger partial charge >= 0.3 is 0 Å². The van der Waals surface area contributed by atoms with E-state index in [2.05, 4.69) is 0 Å². The van der Waals surface area contributed by atoms with E-state index < -0.39 is 22.3 Å². The van der Waals surface area contributed by atoms with Crippen LogP contribution in [0.3, 0.4) is 0 Å². The molecule has 4 atom stereocenters. The Morgan fingerprint density at radius 2 is 1.56 bits per heavy atom. The molecule has 2 saturated heterocycles. The second-order valence-corrected chi connectivity index (χ2v) is 8.40. The fraction of sp³-hybridized carbons (Fsp3) is 0.400. The van der Waals surface area contributed by atoms with Crippen LogP contribution in [0.1, 0.15) is 11.1 Å². The highest BCUT2D eigenvalue weighted by Gasteiger charge is 2.50. The van der Waals surface area contributed by atoms with Crippen molar-refractivity contribution in [1.82, 2.24) is 0 Å². The maximum Gasteiger partial charge on any atom is 0.297 e. The largest absolute Gasteiger partial charge is 0.370 e. The van der Waals surface area contributed by atoms with Crippen LogP contribution in [0.5, 0.6) is 0 Å². The highest BCUT2D eigenvalue weighted by Crippen LogP contribution is 2.32. The molecule has 7 heteroatoms. The van der Waals surface area contributed by atoms with Crippen molar-refractivity contribution >= 4 is 10.1 Å². The first-order chi connectivity index (χ1) is 13.0. The smallest absolute Gasteiger partial charge is 0.297 e. The van der Waals surface area contributed by atoms with Crippen molar-refractivity contribution in [3.05, 3.63) is 65.7 Å². The van der Waals surface area contributed by atoms with Crippen LogP contribution in [0.25, 0.3) is 0 Å². The minimum absolute atomic E-state index is 0.131. The molecule has 0 aliphatic carbocycles. The minimum atomic E-state index is -3.87. The van der Waals surface area contributed by atoms with Gasteiger partial charge in [0.1, 0.15) is 24.4 Å². The summed E-state index contributed by atoms with van der Waals surface area (Å²) in [7, 11) is -3.87. The lowest BCUT2D eigenvalue weighted by Crippen LogP contribution is -2.35. The molecule has 27 heavy (non-hydrogen) atoms. The van der Waals surface area contributed by atoms with Crippen LogP contribution in [0.15, 0.2) is 59.5 Å². The highest BCUT2D eigenvalue weighted by molar-refractivity contribution is 7.86. The van der Waals surface area contributed by atoms with E-state index in [1.165, 1.54) is 0 Å². The molecule has 2 aromatic carbocycles. The van der Waals surface area contributed by atoms with Crippen LogP contribution in [0.4, 0.5) is 0 Å². The molecule has 0 aromatic heterocycles. The Kier molecular flexibility index (Phi) is 5.29. The van der Waals surface area contributed by atoms with Crippen molar-refractivity contribution in [3.8, 4) is 0 Å². The molecule has 2 aliphatic heterocycles. The van der Waals surface area contributed by atoms with Gasteiger partial charge in [-0.15, -0.1) is 0 Å². The number of benzene rings is 2. The molecule has 2 aromatic rings. The van der Waals surface area contributed by atoms with Crippen molar-refractivity contribution in [2.75, 3.05) is 13.2 Å². The van der Waals surface area contributed by atoms with Crippen LogP contribution in [-0.2, 0) is 35.1 Å². The first-order valence-corrected chi connectivity index (χ1v) is 10.3. The third-order valence-corrected chi connectivity index (χ3v) is 6.18. The van der Waals surface area contributed by atoms with Crippen LogP contribution in [0, 0.1) is 6.92 Å². The number of ether oxygens (including phenoxy) is 3. The summed E-state index contributed by atoms with van der Waals surface area (Å²) in [5.74, 6) is 0. The zero-order chi connectivity index (χ0) is 18.9. The maximum absolute atomic E-state index is 12.5. The van der Waals surface area contributed by atoms with Gasteiger partial charge in [0.2, 0.25) is 0 Å². The lowest BCUT2D eigenvalue weighted by molar-refractivity contribution is -0.0423. The fourth-order valence-corrected chi connectivity index (χ4v) is 4.43. The lowest BCUT2D eigenvalue weighted by atomic mass is 10.1. The number of fused-ring (bicyclic) bond motifs is 1. The Balaban J connectivity index is 1.38. The van der Waals surface area contributed by atoms with Gasteiger partial charge in [-0.2, -0.15) is 8.42 Å². The molecular formula is C20H22O6S. The monoisotopic (exact) mass is 390 g/mol. The third-order valence-electron chi connectivity index (χ3n) is 4.83. The first-order valence-electron chi connectivity index (χ1n) is 8.92. The van der Waals surface area contributed by atoms with E-state index in [0.717, 1.165) is 11.1 Å². The van der Waals surface area contributed by atoms with E-state index in [9.17, 15) is 8.42 Å². The number of hydrogen-bond acceptors (Lipinski definition) is 6. The summed E-state index contributed by atoms with van der Waals surface area (Å²) in [5.41, 5.74) is 2.05. The SMILES string of the molecule is Cc1ccc(S(=O)(=O)O[C@@H]2CO[C@H]3[C@@H]2OC[C@H]3OCc2ccccc2)cc1. The number of rotatable bonds is 6. The van der Waals surface area contributed by atoms with E-state index in [1.54, 1.807) is 24.3 Å². The molecule has 4 rings (SSSR count). The van der Waals surface area contributed by atoms with Gasteiger partial charge in [0, 0.05) is 0 Å². The van der Waals surface area contributed by atoms with E-state index in [4.69, 9.17) is 18.4 Å². The van der Waals surface area contributed by atoms with Gasteiger partial charge in [0.25, 0.3) is 10.1 Å². The molecule has 0 N–H and O–H groups in total. The predicted molar refractivity (Wildman–Crippen MR) is 97.7 cm³/mol. The molecule has 0 saturated carbocycles. The van der Waals surface area contributed by atoms with E-state index in [1.807, 2.05) is 37.3 Å². The zero-order valence-electron chi connectivity index (χ0n) is 15.0. The molecule has 0 amide bonds. The molecule has 0 bridgehead atoms. The van der Waals surface area contributed by atoms with Crippen LogP contribution in [0.2, 0.25) is 0 Å². The number of hydrogen-bond donors (Lipinski definition) is 0. The first kappa shape index (κ1) is 18.6. The van der Waals surface area contributed by atoms with Gasteiger partial charge < -0.3 is 14.2 Å². The summed E-state index contributed by atoms with van der Waals surface area (Å²) < 4.78 is 47.9. The van der Waals surface area contributed by atoms with E-state index in [0.29, 0.717) is 13.2 Å². The van der Waals surface area contributed by atoms with Crippen molar-refractivity contribution < 1.29 is 26.8 Å². The molecule has 6 nitrogen and oxygen atoms in total. The molecule has 2 heterocycles.